The topological polar surface area (TPSA) is 68.0 Å². The first-order chi connectivity index (χ1) is 7.74. The maximum absolute atomic E-state index is 11.6. The molecule has 0 bridgehead atoms. The molecule has 2 aromatic heterocycles. The Morgan fingerprint density at radius 3 is 2.94 bits per heavy atom. The van der Waals surface area contributed by atoms with Crippen LogP contribution in [-0.2, 0) is 11.2 Å². The molecule has 16 heavy (non-hydrogen) atoms. The minimum absolute atomic E-state index is 0.0472. The second kappa shape index (κ2) is 4.76. The molecule has 0 fully saturated rings. The van der Waals surface area contributed by atoms with Gasteiger partial charge in [-0.05, 0) is 23.6 Å². The Kier molecular flexibility index (Phi) is 3.16. The Labute approximate surface area is 97.1 Å². The maximum Gasteiger partial charge on any atom is 0.229 e. The number of thiophene rings is 1. The van der Waals surface area contributed by atoms with Crippen molar-refractivity contribution in [2.24, 2.45) is 0 Å². The molecule has 5 heteroatoms. The summed E-state index contributed by atoms with van der Waals surface area (Å²) in [7, 11) is 0. The molecule has 0 spiro atoms. The lowest BCUT2D eigenvalue weighted by Gasteiger charge is -2.03. The van der Waals surface area contributed by atoms with Gasteiger partial charge in [-0.15, -0.1) is 11.3 Å². The second-order valence-corrected chi connectivity index (χ2v) is 4.31. The molecule has 0 aliphatic rings. The average molecular weight is 233 g/mol. The van der Waals surface area contributed by atoms with Crippen molar-refractivity contribution in [1.29, 1.82) is 0 Å². The van der Waals surface area contributed by atoms with Gasteiger partial charge in [-0.2, -0.15) is 0 Å². The summed E-state index contributed by atoms with van der Waals surface area (Å²) in [6.45, 7) is 0. The molecular weight excluding hydrogens is 222 g/mol. The molecule has 2 heterocycles. The van der Waals surface area contributed by atoms with E-state index in [1.807, 2.05) is 17.5 Å². The van der Waals surface area contributed by atoms with Gasteiger partial charge in [0.1, 0.15) is 5.82 Å². The Balaban J connectivity index is 1.95. The highest BCUT2D eigenvalue weighted by Crippen LogP contribution is 2.11. The van der Waals surface area contributed by atoms with Gasteiger partial charge in [0, 0.05) is 4.88 Å². The van der Waals surface area contributed by atoms with Crippen molar-refractivity contribution in [3.05, 3.63) is 40.7 Å². The second-order valence-electron chi connectivity index (χ2n) is 3.28. The number of nitrogens with two attached hydrogens (primary N) is 1. The lowest BCUT2D eigenvalue weighted by Crippen LogP contribution is -2.13. The molecule has 82 valence electrons. The summed E-state index contributed by atoms with van der Waals surface area (Å²) < 4.78 is 0. The van der Waals surface area contributed by atoms with Crippen LogP contribution in [0.25, 0.3) is 0 Å². The van der Waals surface area contributed by atoms with E-state index in [0.29, 0.717) is 17.9 Å². The minimum Gasteiger partial charge on any atom is -0.384 e. The fourth-order valence-corrected chi connectivity index (χ4v) is 1.96. The van der Waals surface area contributed by atoms with Crippen molar-refractivity contribution in [3.8, 4) is 0 Å². The smallest absolute Gasteiger partial charge is 0.229 e. The van der Waals surface area contributed by atoms with Crippen LogP contribution in [0.2, 0.25) is 0 Å². The highest BCUT2D eigenvalue weighted by molar-refractivity contribution is 7.10. The molecule has 4 nitrogen and oxygen atoms in total. The third kappa shape index (κ3) is 2.80. The number of carbonyl (C=O) groups excluding carboxylic acids is 1. The Hall–Kier alpha value is -1.88. The van der Waals surface area contributed by atoms with E-state index in [4.69, 9.17) is 5.73 Å². The van der Waals surface area contributed by atoms with Gasteiger partial charge in [0.2, 0.25) is 5.91 Å². The zero-order valence-electron chi connectivity index (χ0n) is 8.51. The predicted molar refractivity (Wildman–Crippen MR) is 65.3 cm³/mol. The number of nitrogens with zero attached hydrogens (tertiary/aromatic N) is 1. The van der Waals surface area contributed by atoms with Crippen LogP contribution in [0.15, 0.2) is 35.8 Å². The summed E-state index contributed by atoms with van der Waals surface area (Å²) in [5.41, 5.74) is 6.11. The number of hydrogen-bond acceptors (Lipinski definition) is 4. The van der Waals surface area contributed by atoms with E-state index in [9.17, 15) is 4.79 Å². The van der Waals surface area contributed by atoms with Crippen LogP contribution in [0.5, 0.6) is 0 Å². The molecule has 0 aliphatic heterocycles. The van der Waals surface area contributed by atoms with E-state index in [0.717, 1.165) is 4.88 Å². The van der Waals surface area contributed by atoms with Crippen LogP contribution in [0.1, 0.15) is 4.88 Å². The van der Waals surface area contributed by atoms with E-state index >= 15 is 0 Å². The van der Waals surface area contributed by atoms with Crippen LogP contribution < -0.4 is 11.1 Å². The number of nitrogen functional groups attached to an aromatic ring is 1. The van der Waals surface area contributed by atoms with Crippen molar-refractivity contribution in [2.45, 2.75) is 6.42 Å². The molecule has 2 aromatic rings. The fraction of sp³-hybridized carbons (Fsp3) is 0.0909. The summed E-state index contributed by atoms with van der Waals surface area (Å²) in [5, 5.41) is 4.71. The standard InChI is InChI=1S/C11H11N3OS/c12-10-4-3-8(7-13-10)14-11(15)6-9-2-1-5-16-9/h1-5,7H,6H2,(H2,12,13)(H,14,15). The zero-order valence-corrected chi connectivity index (χ0v) is 9.33. The fourth-order valence-electron chi connectivity index (χ4n) is 1.26. The molecule has 0 radical (unpaired) electrons. The van der Waals surface area contributed by atoms with E-state index in [1.54, 1.807) is 29.7 Å². The Morgan fingerprint density at radius 1 is 1.44 bits per heavy atom. The van der Waals surface area contributed by atoms with Crippen molar-refractivity contribution < 1.29 is 4.79 Å². The molecule has 0 atom stereocenters. The normalized spacial score (nSPS) is 10.0. The molecule has 0 saturated carbocycles. The lowest BCUT2D eigenvalue weighted by atomic mass is 10.3. The van der Waals surface area contributed by atoms with E-state index < -0.39 is 0 Å². The van der Waals surface area contributed by atoms with E-state index in [-0.39, 0.29) is 5.91 Å². The predicted octanol–water partition coefficient (Wildman–Crippen LogP) is 1.91. The minimum atomic E-state index is -0.0472. The molecular formula is C11H11N3OS. The molecule has 1 amide bonds. The first-order valence-corrected chi connectivity index (χ1v) is 5.66. The molecule has 0 aliphatic carbocycles. The number of anilines is 2. The number of amides is 1. The van der Waals surface area contributed by atoms with Crippen LogP contribution in [0.4, 0.5) is 11.5 Å². The van der Waals surface area contributed by atoms with Gasteiger partial charge in [-0.3, -0.25) is 4.79 Å². The number of rotatable bonds is 3. The first kappa shape index (κ1) is 10.6. The van der Waals surface area contributed by atoms with Crippen LogP contribution in [0.3, 0.4) is 0 Å². The van der Waals surface area contributed by atoms with Crippen molar-refractivity contribution in [1.82, 2.24) is 4.98 Å². The number of nitrogens with one attached hydrogen (secondary N) is 1. The number of aromatic nitrogens is 1. The van der Waals surface area contributed by atoms with E-state index in [2.05, 4.69) is 10.3 Å². The van der Waals surface area contributed by atoms with Crippen molar-refractivity contribution >= 4 is 28.7 Å². The zero-order chi connectivity index (χ0) is 11.4. The Bertz CT molecular complexity index is 464. The van der Waals surface area contributed by atoms with Crippen LogP contribution >= 0.6 is 11.3 Å². The summed E-state index contributed by atoms with van der Waals surface area (Å²) in [6.07, 6.45) is 1.93. The molecule has 2 rings (SSSR count). The molecule has 0 saturated heterocycles. The van der Waals surface area contributed by atoms with Gasteiger partial charge in [-0.1, -0.05) is 6.07 Å². The lowest BCUT2D eigenvalue weighted by molar-refractivity contribution is -0.115. The van der Waals surface area contributed by atoms with Gasteiger partial charge >= 0.3 is 0 Å². The van der Waals surface area contributed by atoms with Crippen LogP contribution in [-0.4, -0.2) is 10.9 Å². The number of carbonyl (C=O) groups is 1. The van der Waals surface area contributed by atoms with Crippen molar-refractivity contribution in [3.63, 3.8) is 0 Å². The molecule has 3 N–H and O–H groups in total. The maximum atomic E-state index is 11.6. The van der Waals surface area contributed by atoms with E-state index in [1.165, 1.54) is 0 Å². The summed E-state index contributed by atoms with van der Waals surface area (Å²) in [5.74, 6) is 0.394. The van der Waals surface area contributed by atoms with Gasteiger partial charge in [0.05, 0.1) is 18.3 Å². The average Bonchev–Trinajstić information content (AvgIpc) is 2.74. The quantitative estimate of drug-likeness (QED) is 0.850. The number of hydrogen-bond donors (Lipinski definition) is 2. The Morgan fingerprint density at radius 2 is 2.31 bits per heavy atom. The number of pyridine rings is 1. The summed E-state index contributed by atoms with van der Waals surface area (Å²) >= 11 is 1.57. The van der Waals surface area contributed by atoms with Gasteiger partial charge in [0.15, 0.2) is 0 Å². The summed E-state index contributed by atoms with van der Waals surface area (Å²) in [6, 6.07) is 7.25. The molecule has 0 unspecified atom stereocenters. The first-order valence-electron chi connectivity index (χ1n) is 4.78. The van der Waals surface area contributed by atoms with Crippen LogP contribution in [0, 0.1) is 0 Å². The monoisotopic (exact) mass is 233 g/mol. The third-order valence-corrected chi connectivity index (χ3v) is 2.86. The van der Waals surface area contributed by atoms with Crippen molar-refractivity contribution in [2.75, 3.05) is 11.1 Å². The van der Waals surface area contributed by atoms with Gasteiger partial charge < -0.3 is 11.1 Å². The van der Waals surface area contributed by atoms with Gasteiger partial charge in [0.25, 0.3) is 0 Å². The third-order valence-electron chi connectivity index (χ3n) is 1.99. The molecule has 0 aromatic carbocycles. The largest absolute Gasteiger partial charge is 0.384 e. The SMILES string of the molecule is Nc1ccc(NC(=O)Cc2cccs2)cn1. The highest BCUT2D eigenvalue weighted by Gasteiger charge is 2.04. The highest BCUT2D eigenvalue weighted by atomic mass is 32.1. The van der Waals surface area contributed by atoms with Gasteiger partial charge in [-0.25, -0.2) is 4.98 Å². The summed E-state index contributed by atoms with van der Waals surface area (Å²) in [4.78, 5) is 16.5.